The van der Waals surface area contributed by atoms with Crippen molar-refractivity contribution >= 4 is 27.2 Å². The first-order chi connectivity index (χ1) is 13.6. The van der Waals surface area contributed by atoms with Crippen LogP contribution in [0.5, 0.6) is 0 Å². The molecule has 0 saturated carbocycles. The summed E-state index contributed by atoms with van der Waals surface area (Å²) in [7, 11) is -1.44. The van der Waals surface area contributed by atoms with Crippen molar-refractivity contribution in [3.05, 3.63) is 71.4 Å². The van der Waals surface area contributed by atoms with Crippen LogP contribution in [0.1, 0.15) is 33.2 Å². The highest BCUT2D eigenvalue weighted by molar-refractivity contribution is 7.90. The van der Waals surface area contributed by atoms with Crippen LogP contribution in [0.25, 0.3) is 11.3 Å². The summed E-state index contributed by atoms with van der Waals surface area (Å²) in [5.41, 5.74) is 4.12. The number of aryl methyl sites for hydroxylation is 1. The largest absolute Gasteiger partial charge is 0.350 e. The van der Waals surface area contributed by atoms with Crippen LogP contribution in [0.4, 0.5) is 5.69 Å². The lowest BCUT2D eigenvalue weighted by Crippen LogP contribution is -2.12. The Morgan fingerprint density at radius 2 is 1.69 bits per heavy atom. The van der Waals surface area contributed by atoms with Crippen molar-refractivity contribution in [2.75, 3.05) is 11.6 Å². The Morgan fingerprint density at radius 3 is 2.28 bits per heavy atom. The van der Waals surface area contributed by atoms with Gasteiger partial charge in [0.25, 0.3) is 5.91 Å². The Kier molecular flexibility index (Phi) is 5.44. The van der Waals surface area contributed by atoms with E-state index in [0.717, 1.165) is 23.1 Å². The summed E-state index contributed by atoms with van der Waals surface area (Å²) in [6.07, 6.45) is 2.88. The van der Waals surface area contributed by atoms with Crippen LogP contribution in [0.15, 0.2) is 59.6 Å². The summed E-state index contributed by atoms with van der Waals surface area (Å²) in [4.78, 5) is 24.7. The quantitative estimate of drug-likeness (QED) is 0.647. The van der Waals surface area contributed by atoms with Crippen molar-refractivity contribution in [1.29, 1.82) is 0 Å². The number of sulfone groups is 1. The molecule has 0 spiro atoms. The van der Waals surface area contributed by atoms with Crippen molar-refractivity contribution in [3.63, 3.8) is 0 Å². The molecule has 3 aromatic rings. The molecule has 1 heterocycles. The Morgan fingerprint density at radius 1 is 1.03 bits per heavy atom. The van der Waals surface area contributed by atoms with Crippen LogP contribution in [0.3, 0.4) is 0 Å². The third-order valence-corrected chi connectivity index (χ3v) is 5.89. The zero-order chi connectivity index (χ0) is 21.3. The second-order valence-electron chi connectivity index (χ2n) is 7.01. The summed E-state index contributed by atoms with van der Waals surface area (Å²) in [6, 6.07) is 13.3. The number of rotatable bonds is 5. The van der Waals surface area contributed by atoms with Crippen LogP contribution >= 0.6 is 0 Å². The van der Waals surface area contributed by atoms with Gasteiger partial charge in [-0.2, -0.15) is 0 Å². The van der Waals surface area contributed by atoms with E-state index in [1.807, 2.05) is 36.7 Å². The van der Waals surface area contributed by atoms with Crippen molar-refractivity contribution in [3.8, 4) is 11.3 Å². The average Bonchev–Trinajstić information content (AvgIpc) is 2.96. The van der Waals surface area contributed by atoms with Crippen LogP contribution < -0.4 is 5.32 Å². The number of Topliss-reactive ketones (excluding diaryl/α,β-unsaturated/α-hetero) is 1. The molecule has 29 heavy (non-hydrogen) atoms. The molecule has 150 valence electrons. The molecule has 0 aliphatic carbocycles. The molecule has 0 atom stereocenters. The SMILES string of the molecule is CC(=O)c1cccc(-c2c(C)c(C(=O)Nc3ccc(S(C)(=O)=O)cc3)cn2C)c1. The molecule has 2 aromatic carbocycles. The fourth-order valence-corrected chi connectivity index (χ4v) is 3.90. The van der Waals surface area contributed by atoms with Gasteiger partial charge in [0.15, 0.2) is 15.6 Å². The summed E-state index contributed by atoms with van der Waals surface area (Å²) in [6.45, 7) is 3.38. The van der Waals surface area contributed by atoms with Gasteiger partial charge in [0.1, 0.15) is 0 Å². The number of ketones is 1. The molecule has 7 heteroatoms. The van der Waals surface area contributed by atoms with E-state index < -0.39 is 9.84 Å². The lowest BCUT2D eigenvalue weighted by atomic mass is 10.0. The van der Waals surface area contributed by atoms with E-state index in [1.165, 1.54) is 19.1 Å². The van der Waals surface area contributed by atoms with Crippen LogP contribution in [-0.2, 0) is 16.9 Å². The number of nitrogens with zero attached hydrogens (tertiary/aromatic N) is 1. The van der Waals surface area contributed by atoms with Gasteiger partial charge in [-0.3, -0.25) is 9.59 Å². The second-order valence-corrected chi connectivity index (χ2v) is 9.03. The summed E-state index contributed by atoms with van der Waals surface area (Å²) < 4.78 is 25.0. The Bertz CT molecular complexity index is 1210. The van der Waals surface area contributed by atoms with Crippen molar-refractivity contribution in [2.24, 2.45) is 7.05 Å². The van der Waals surface area contributed by atoms with Gasteiger partial charge in [-0.05, 0) is 55.3 Å². The Balaban J connectivity index is 1.91. The number of aromatic nitrogens is 1. The maximum absolute atomic E-state index is 12.8. The predicted molar refractivity (Wildman–Crippen MR) is 113 cm³/mol. The summed E-state index contributed by atoms with van der Waals surface area (Å²) in [5, 5.41) is 2.80. The third kappa shape index (κ3) is 4.30. The van der Waals surface area contributed by atoms with Gasteiger partial charge in [-0.25, -0.2) is 8.42 Å². The molecule has 0 radical (unpaired) electrons. The molecule has 3 rings (SSSR count). The minimum atomic E-state index is -3.29. The number of nitrogens with one attached hydrogen (secondary N) is 1. The van der Waals surface area contributed by atoms with Crippen molar-refractivity contribution in [1.82, 2.24) is 4.57 Å². The number of carbonyl (C=O) groups is 2. The molecule has 0 aliphatic heterocycles. The van der Waals surface area contributed by atoms with Gasteiger partial charge >= 0.3 is 0 Å². The number of anilines is 1. The van der Waals surface area contributed by atoms with Crippen LogP contribution in [0.2, 0.25) is 0 Å². The molecule has 1 aromatic heterocycles. The van der Waals surface area contributed by atoms with Gasteiger partial charge in [0, 0.05) is 30.8 Å². The van der Waals surface area contributed by atoms with E-state index in [9.17, 15) is 18.0 Å². The lowest BCUT2D eigenvalue weighted by Gasteiger charge is -2.08. The van der Waals surface area contributed by atoms with E-state index in [-0.39, 0.29) is 16.6 Å². The van der Waals surface area contributed by atoms with Gasteiger partial charge < -0.3 is 9.88 Å². The van der Waals surface area contributed by atoms with E-state index in [0.29, 0.717) is 16.8 Å². The van der Waals surface area contributed by atoms with E-state index in [2.05, 4.69) is 5.32 Å². The standard InChI is InChI=1S/C22H22N2O4S/c1-14-20(22(26)23-18-8-10-19(11-9-18)29(4,27)28)13-24(3)21(14)17-7-5-6-16(12-17)15(2)25/h5-13H,1-4H3,(H,23,26). The molecular weight excluding hydrogens is 388 g/mol. The van der Waals surface area contributed by atoms with Gasteiger partial charge in [-0.15, -0.1) is 0 Å². The summed E-state index contributed by atoms with van der Waals surface area (Å²) in [5.74, 6) is -0.312. The van der Waals surface area contributed by atoms with Crippen LogP contribution in [-0.4, -0.2) is 30.9 Å². The molecule has 0 aliphatic rings. The zero-order valence-electron chi connectivity index (χ0n) is 16.7. The molecule has 0 unspecified atom stereocenters. The first kappa shape index (κ1) is 20.5. The van der Waals surface area contributed by atoms with Crippen molar-refractivity contribution in [2.45, 2.75) is 18.7 Å². The van der Waals surface area contributed by atoms with E-state index in [4.69, 9.17) is 0 Å². The highest BCUT2D eigenvalue weighted by atomic mass is 32.2. The van der Waals surface area contributed by atoms with E-state index >= 15 is 0 Å². The number of hydrogen-bond acceptors (Lipinski definition) is 4. The number of carbonyl (C=O) groups excluding carboxylic acids is 2. The molecular formula is C22H22N2O4S. The lowest BCUT2D eigenvalue weighted by molar-refractivity contribution is 0.101. The monoisotopic (exact) mass is 410 g/mol. The first-order valence-corrected chi connectivity index (χ1v) is 10.9. The Labute approximate surface area is 170 Å². The van der Waals surface area contributed by atoms with E-state index in [1.54, 1.807) is 24.4 Å². The zero-order valence-corrected chi connectivity index (χ0v) is 17.5. The molecule has 1 amide bonds. The van der Waals surface area contributed by atoms with Gasteiger partial charge in [-0.1, -0.05) is 18.2 Å². The van der Waals surface area contributed by atoms with Crippen molar-refractivity contribution < 1.29 is 18.0 Å². The average molecular weight is 410 g/mol. The number of amides is 1. The molecule has 0 bridgehead atoms. The van der Waals surface area contributed by atoms with Gasteiger partial charge in [0.05, 0.1) is 16.2 Å². The molecule has 0 saturated heterocycles. The second kappa shape index (κ2) is 7.67. The highest BCUT2D eigenvalue weighted by Gasteiger charge is 2.18. The minimum Gasteiger partial charge on any atom is -0.350 e. The first-order valence-electron chi connectivity index (χ1n) is 8.96. The molecule has 6 nitrogen and oxygen atoms in total. The third-order valence-electron chi connectivity index (χ3n) is 4.76. The number of hydrogen-bond donors (Lipinski definition) is 1. The molecule has 0 fully saturated rings. The normalized spacial score (nSPS) is 11.3. The maximum Gasteiger partial charge on any atom is 0.257 e. The smallest absolute Gasteiger partial charge is 0.257 e. The Hall–Kier alpha value is -3.19. The van der Waals surface area contributed by atoms with Crippen LogP contribution in [0, 0.1) is 6.92 Å². The summed E-state index contributed by atoms with van der Waals surface area (Å²) >= 11 is 0. The predicted octanol–water partition coefficient (Wildman–Crippen LogP) is 3.86. The minimum absolute atomic E-state index is 0.0192. The fraction of sp³-hybridized carbons (Fsp3) is 0.182. The maximum atomic E-state index is 12.8. The number of benzene rings is 2. The van der Waals surface area contributed by atoms with Gasteiger partial charge in [0.2, 0.25) is 0 Å². The molecule has 1 N–H and O–H groups in total. The fourth-order valence-electron chi connectivity index (χ4n) is 3.27. The highest BCUT2D eigenvalue weighted by Crippen LogP contribution is 2.28. The topological polar surface area (TPSA) is 85.2 Å².